The number of rotatable bonds is 13. The maximum Gasteiger partial charge on any atom is 0.317 e. The van der Waals surface area contributed by atoms with Crippen molar-refractivity contribution in [2.24, 2.45) is 11.8 Å². The zero-order valence-corrected chi connectivity index (χ0v) is 28.0. The Balaban J connectivity index is 0.000000378. The first-order valence-electron chi connectivity index (χ1n) is 15.9. The fourth-order valence-electron chi connectivity index (χ4n) is 4.85. The van der Waals surface area contributed by atoms with E-state index in [1.807, 2.05) is 6.08 Å². The summed E-state index contributed by atoms with van der Waals surface area (Å²) in [5, 5.41) is 0. The Morgan fingerprint density at radius 3 is 1.70 bits per heavy atom. The van der Waals surface area contributed by atoms with Gasteiger partial charge in [0.2, 0.25) is 0 Å². The van der Waals surface area contributed by atoms with E-state index in [0.29, 0.717) is 12.8 Å². The first-order chi connectivity index (χ1) is 20.8. The molecular weight excluding hydrogens is 552 g/mol. The topological polar surface area (TPSA) is 86.7 Å². The third-order valence-electron chi connectivity index (χ3n) is 7.58. The first kappa shape index (κ1) is 38.5. The summed E-state index contributed by atoms with van der Waals surface area (Å²) in [7, 11) is 0. The van der Waals surface area contributed by atoms with Gasteiger partial charge >= 0.3 is 23.9 Å². The van der Waals surface area contributed by atoms with Crippen LogP contribution in [0.25, 0.3) is 0 Å². The van der Waals surface area contributed by atoms with Gasteiger partial charge in [-0.05, 0) is 106 Å². The largest absolute Gasteiger partial charge is 0.393 e. The van der Waals surface area contributed by atoms with Gasteiger partial charge in [0.1, 0.15) is 0 Å². The molecule has 2 aliphatic heterocycles. The summed E-state index contributed by atoms with van der Waals surface area (Å²) >= 11 is 0. The molecule has 3 rings (SSSR count). The van der Waals surface area contributed by atoms with Crippen LogP contribution in [0, 0.1) is 11.8 Å². The molecule has 2 fully saturated rings. The highest BCUT2D eigenvalue weighted by Crippen LogP contribution is 2.37. The van der Waals surface area contributed by atoms with E-state index in [4.69, 9.17) is 4.74 Å². The number of esters is 4. The van der Waals surface area contributed by atoms with Crippen LogP contribution in [0.5, 0.6) is 0 Å². The summed E-state index contributed by atoms with van der Waals surface area (Å²) in [4.78, 5) is 43.1. The van der Waals surface area contributed by atoms with Crippen molar-refractivity contribution in [1.82, 2.24) is 0 Å². The zero-order chi connectivity index (χ0) is 33.1. The Morgan fingerprint density at radius 2 is 1.23 bits per heavy atom. The second-order valence-electron chi connectivity index (χ2n) is 12.3. The van der Waals surface area contributed by atoms with E-state index in [1.54, 1.807) is 0 Å². The van der Waals surface area contributed by atoms with Crippen LogP contribution in [0.1, 0.15) is 119 Å². The lowest BCUT2D eigenvalue weighted by atomic mass is 9.80. The smallest absolute Gasteiger partial charge is 0.317 e. The number of hydrogen-bond donors (Lipinski definition) is 0. The maximum atomic E-state index is 11.6. The Morgan fingerprint density at radius 1 is 0.727 bits per heavy atom. The van der Waals surface area contributed by atoms with E-state index in [2.05, 4.69) is 89.8 Å². The summed E-state index contributed by atoms with van der Waals surface area (Å²) in [5.74, 6) is -1.91. The minimum atomic E-state index is -0.398. The quantitative estimate of drug-likeness (QED) is 0.0898. The molecule has 6 heteroatoms. The van der Waals surface area contributed by atoms with Crippen LogP contribution in [0.4, 0.5) is 0 Å². The number of hydrogen-bond acceptors (Lipinski definition) is 6. The number of allylic oxidation sites excluding steroid dienone is 12. The van der Waals surface area contributed by atoms with Crippen molar-refractivity contribution in [1.29, 1.82) is 0 Å². The van der Waals surface area contributed by atoms with Crippen LogP contribution in [-0.4, -0.2) is 23.9 Å². The van der Waals surface area contributed by atoms with Crippen LogP contribution in [-0.2, 0) is 28.7 Å². The molecule has 0 aromatic heterocycles. The fourth-order valence-corrected chi connectivity index (χ4v) is 4.85. The predicted molar refractivity (Wildman–Crippen MR) is 178 cm³/mol. The van der Waals surface area contributed by atoms with E-state index in [9.17, 15) is 19.2 Å². The van der Waals surface area contributed by atoms with Crippen molar-refractivity contribution in [3.05, 3.63) is 83.1 Å². The number of carbonyl (C=O) groups excluding carboxylic acids is 4. The molecule has 0 spiro atoms. The van der Waals surface area contributed by atoms with E-state index < -0.39 is 11.9 Å². The molecule has 0 saturated carbocycles. The molecule has 0 radical (unpaired) electrons. The van der Waals surface area contributed by atoms with Gasteiger partial charge in [-0.1, -0.05) is 83.1 Å². The van der Waals surface area contributed by atoms with Gasteiger partial charge in [0, 0.05) is 0 Å². The summed E-state index contributed by atoms with van der Waals surface area (Å²) in [5.41, 5.74) is 8.09. The average molecular weight is 607 g/mol. The molecular formula is C38H54O6. The van der Waals surface area contributed by atoms with Crippen LogP contribution < -0.4 is 0 Å². The molecule has 0 bridgehead atoms. The van der Waals surface area contributed by atoms with E-state index in [-0.39, 0.29) is 36.6 Å². The molecule has 0 aromatic carbocycles. The van der Waals surface area contributed by atoms with Crippen LogP contribution in [0.2, 0.25) is 0 Å². The van der Waals surface area contributed by atoms with Gasteiger partial charge < -0.3 is 9.47 Å². The van der Waals surface area contributed by atoms with Gasteiger partial charge in [0.15, 0.2) is 0 Å². The highest BCUT2D eigenvalue weighted by atomic mass is 16.6. The van der Waals surface area contributed by atoms with Gasteiger partial charge in [0.25, 0.3) is 0 Å². The lowest BCUT2D eigenvalue weighted by Crippen LogP contribution is -2.21. The summed E-state index contributed by atoms with van der Waals surface area (Å²) in [6, 6.07) is 0. The highest BCUT2D eigenvalue weighted by Gasteiger charge is 2.45. The molecule has 2 atom stereocenters. The monoisotopic (exact) mass is 606 g/mol. The van der Waals surface area contributed by atoms with Crippen molar-refractivity contribution >= 4 is 23.9 Å². The van der Waals surface area contributed by atoms with Crippen molar-refractivity contribution in [3.8, 4) is 0 Å². The molecule has 3 aliphatic rings. The molecule has 44 heavy (non-hydrogen) atoms. The van der Waals surface area contributed by atoms with Gasteiger partial charge in [0.05, 0.1) is 24.7 Å². The third-order valence-corrected chi connectivity index (χ3v) is 7.58. The summed E-state index contributed by atoms with van der Waals surface area (Å²) in [6.45, 7) is 20.5. The SMILES string of the molecule is C=CC(=C)CC/C=C(\C)CCC=C(C)C.CC(C)=CCC/C(C)=C/CCC1=CCC2C(=O)OC(=O)C2C1.O=C1CCC(=O)O1. The van der Waals surface area contributed by atoms with Crippen molar-refractivity contribution in [2.75, 3.05) is 0 Å². The normalized spacial score (nSPS) is 19.3. The number of fused-ring (bicyclic) bond motifs is 1. The zero-order valence-electron chi connectivity index (χ0n) is 28.0. The molecule has 242 valence electrons. The molecule has 6 nitrogen and oxygen atoms in total. The summed E-state index contributed by atoms with van der Waals surface area (Å²) in [6.07, 6.45) is 23.7. The summed E-state index contributed by atoms with van der Waals surface area (Å²) < 4.78 is 8.82. The number of cyclic esters (lactones) is 4. The fraction of sp³-hybridized carbons (Fsp3) is 0.526. The standard InChI is InChI=1S/C19H26O3.C15H24.C4H4O3/c1-13(2)6-4-7-14(3)8-5-9-15-10-11-16-17(12-15)19(21)22-18(16)20;1-6-14(4)10-8-12-15(5)11-7-9-13(2)3;5-3-1-2-4(6)7-3/h6,8,10,16-17H,4-5,7,9,11-12H2,1-3H3;6,9,12H,1,4,7-8,10-11H2,2-3,5H3;1-2H2/b14-8+;15-12+;. The molecule has 2 heterocycles. The van der Waals surface area contributed by atoms with Crippen LogP contribution >= 0.6 is 0 Å². The number of ether oxygens (including phenoxy) is 2. The van der Waals surface area contributed by atoms with Gasteiger partial charge in [-0.15, -0.1) is 0 Å². The Hall–Kier alpha value is -3.54. The van der Waals surface area contributed by atoms with Crippen LogP contribution in [0.3, 0.4) is 0 Å². The van der Waals surface area contributed by atoms with Gasteiger partial charge in [-0.25, -0.2) is 0 Å². The molecule has 2 saturated heterocycles. The van der Waals surface area contributed by atoms with Crippen molar-refractivity contribution in [3.63, 3.8) is 0 Å². The third kappa shape index (κ3) is 16.9. The highest BCUT2D eigenvalue weighted by molar-refractivity contribution is 5.97. The Labute approximate surface area is 265 Å². The minimum absolute atomic E-state index is 0.224. The first-order valence-corrected chi connectivity index (χ1v) is 15.9. The lowest BCUT2D eigenvalue weighted by Gasteiger charge is -2.20. The Bertz CT molecular complexity index is 1170. The van der Waals surface area contributed by atoms with Crippen LogP contribution in [0.15, 0.2) is 83.1 Å². The second kappa shape index (κ2) is 21.2. The predicted octanol–water partition coefficient (Wildman–Crippen LogP) is 9.55. The molecule has 0 aromatic rings. The lowest BCUT2D eigenvalue weighted by molar-refractivity contribution is -0.154. The van der Waals surface area contributed by atoms with E-state index in [1.165, 1.54) is 34.3 Å². The van der Waals surface area contributed by atoms with E-state index in [0.717, 1.165) is 50.5 Å². The average Bonchev–Trinajstić information content (AvgIpc) is 3.48. The maximum absolute atomic E-state index is 11.6. The molecule has 0 N–H and O–H groups in total. The molecule has 1 aliphatic carbocycles. The molecule has 2 unspecified atom stereocenters. The van der Waals surface area contributed by atoms with Gasteiger partial charge in [-0.3, -0.25) is 19.2 Å². The van der Waals surface area contributed by atoms with Gasteiger partial charge in [-0.2, -0.15) is 0 Å². The van der Waals surface area contributed by atoms with E-state index >= 15 is 0 Å². The number of carbonyl (C=O) groups is 4. The molecule has 0 amide bonds. The van der Waals surface area contributed by atoms with Crippen molar-refractivity contribution in [2.45, 2.75) is 119 Å². The Kier molecular flexibility index (Phi) is 18.6. The second-order valence-corrected chi connectivity index (χ2v) is 12.3. The minimum Gasteiger partial charge on any atom is -0.393 e. The van der Waals surface area contributed by atoms with Crippen molar-refractivity contribution < 1.29 is 28.7 Å².